The summed E-state index contributed by atoms with van der Waals surface area (Å²) in [6.07, 6.45) is 6.41. The quantitative estimate of drug-likeness (QED) is 0.275. The van der Waals surface area contributed by atoms with Crippen LogP contribution in [0.1, 0.15) is 43.2 Å². The molecule has 1 unspecified atom stereocenters. The molecular weight excluding hydrogens is 516 g/mol. The number of nitrogens with one attached hydrogen (secondary N) is 2. The maximum Gasteiger partial charge on any atom is 0.123 e. The third-order valence-corrected chi connectivity index (χ3v) is 6.46. The predicted octanol–water partition coefficient (Wildman–Crippen LogP) is 5.03. The van der Waals surface area contributed by atoms with Gasteiger partial charge in [0, 0.05) is 30.0 Å². The van der Waals surface area contributed by atoms with Crippen LogP contribution >= 0.6 is 0 Å². The summed E-state index contributed by atoms with van der Waals surface area (Å²) < 4.78 is 15.4. The van der Waals surface area contributed by atoms with Crippen LogP contribution in [-0.4, -0.2) is 39.4 Å². The van der Waals surface area contributed by atoms with E-state index in [-0.39, 0.29) is 11.0 Å². The number of pyridine rings is 2. The van der Waals surface area contributed by atoms with Gasteiger partial charge in [-0.2, -0.15) is 10.5 Å². The van der Waals surface area contributed by atoms with E-state index in [4.69, 9.17) is 7.85 Å². The van der Waals surface area contributed by atoms with Crippen molar-refractivity contribution in [3.05, 3.63) is 102 Å². The predicted molar refractivity (Wildman–Crippen MR) is 155 cm³/mol. The number of nitrogens with zero attached hydrogens (tertiary/aromatic N) is 7. The number of rotatable bonds is 7. The zero-order valence-corrected chi connectivity index (χ0v) is 22.7. The number of fused-ring (bicyclic) bond motifs is 1. The monoisotopic (exact) mass is 541 g/mol. The van der Waals surface area contributed by atoms with Gasteiger partial charge in [-0.25, -0.2) is 9.07 Å². The highest BCUT2D eigenvalue weighted by molar-refractivity contribution is 6.19. The van der Waals surface area contributed by atoms with Gasteiger partial charge in [0.1, 0.15) is 31.5 Å². The minimum absolute atomic E-state index is 0.0780. The van der Waals surface area contributed by atoms with Gasteiger partial charge in [0.05, 0.1) is 45.9 Å². The fourth-order valence-corrected chi connectivity index (χ4v) is 4.37. The Labute approximate surface area is 238 Å². The molecule has 41 heavy (non-hydrogen) atoms. The molecule has 0 spiro atoms. The molecule has 3 heterocycles. The second-order valence-electron chi connectivity index (χ2n) is 10.8. The lowest BCUT2D eigenvalue weighted by Gasteiger charge is -2.32. The summed E-state index contributed by atoms with van der Waals surface area (Å²) in [7, 11) is 7.03. The van der Waals surface area contributed by atoms with E-state index in [1.165, 1.54) is 23.0 Å². The fourth-order valence-electron chi connectivity index (χ4n) is 4.37. The third kappa shape index (κ3) is 5.56. The van der Waals surface area contributed by atoms with E-state index >= 15 is 0 Å². The van der Waals surface area contributed by atoms with Gasteiger partial charge in [-0.15, -0.1) is 5.10 Å². The highest BCUT2D eigenvalue weighted by atomic mass is 19.1. The smallest absolute Gasteiger partial charge is 0.123 e. The van der Waals surface area contributed by atoms with Crippen molar-refractivity contribution < 1.29 is 4.39 Å². The first kappa shape index (κ1) is 27.3. The Morgan fingerprint density at radius 3 is 2.44 bits per heavy atom. The van der Waals surface area contributed by atoms with Gasteiger partial charge in [0.25, 0.3) is 0 Å². The van der Waals surface area contributed by atoms with Crippen molar-refractivity contribution in [2.75, 3.05) is 17.2 Å². The number of hydrogen-bond donors (Lipinski definition) is 2. The van der Waals surface area contributed by atoms with Gasteiger partial charge < -0.3 is 10.6 Å². The maximum absolute atomic E-state index is 13.9. The number of hydrogen-bond acceptors (Lipinski definition) is 8. The van der Waals surface area contributed by atoms with Crippen LogP contribution in [0.4, 0.5) is 15.8 Å². The van der Waals surface area contributed by atoms with Crippen LogP contribution in [0.5, 0.6) is 0 Å². The van der Waals surface area contributed by atoms with Gasteiger partial charge in [0.2, 0.25) is 0 Å². The summed E-state index contributed by atoms with van der Waals surface area (Å²) in [5.41, 5.74) is 2.06. The highest BCUT2D eigenvalue weighted by Gasteiger charge is 2.32. The second-order valence-corrected chi connectivity index (χ2v) is 10.8. The van der Waals surface area contributed by atoms with Crippen molar-refractivity contribution in [2.24, 2.45) is 5.41 Å². The summed E-state index contributed by atoms with van der Waals surface area (Å²) in [6, 6.07) is 17.1. The van der Waals surface area contributed by atoms with Crippen molar-refractivity contribution in [2.45, 2.75) is 26.2 Å². The lowest BCUT2D eigenvalue weighted by atomic mass is 9.69. The number of benzene rings is 2. The molecule has 0 amide bonds. The molecule has 9 nitrogen and oxygen atoms in total. The Kier molecular flexibility index (Phi) is 7.12. The second kappa shape index (κ2) is 10.7. The Hall–Kier alpha value is -5.29. The summed E-state index contributed by atoms with van der Waals surface area (Å²) in [4.78, 5) is 8.54. The SMILES string of the molecule is [B]C(Nc1cc(C#N)c2ncc(C#N)c(NCC(C)(C)C)c2c1)(c1ccc(F)cc1)c1cn(-c2cccnc2)nn1. The number of nitriles is 2. The van der Waals surface area contributed by atoms with Crippen molar-refractivity contribution in [1.82, 2.24) is 25.0 Å². The van der Waals surface area contributed by atoms with Gasteiger partial charge in [-0.3, -0.25) is 9.97 Å². The van der Waals surface area contributed by atoms with Gasteiger partial charge in [-0.1, -0.05) is 38.1 Å². The molecule has 0 aliphatic rings. The Balaban J connectivity index is 1.66. The average Bonchev–Trinajstić information content (AvgIpc) is 3.47. The van der Waals surface area contributed by atoms with Crippen molar-refractivity contribution in [1.29, 1.82) is 10.5 Å². The molecule has 11 heteroatoms. The molecule has 0 aliphatic carbocycles. The van der Waals surface area contributed by atoms with Crippen molar-refractivity contribution in [3.8, 4) is 17.8 Å². The van der Waals surface area contributed by atoms with E-state index in [1.807, 2.05) is 6.07 Å². The Morgan fingerprint density at radius 1 is 1.02 bits per heavy atom. The molecule has 0 fully saturated rings. The molecule has 200 valence electrons. The van der Waals surface area contributed by atoms with E-state index in [9.17, 15) is 14.9 Å². The molecule has 5 aromatic rings. The molecule has 2 N–H and O–H groups in total. The van der Waals surface area contributed by atoms with Crippen LogP contribution < -0.4 is 10.6 Å². The maximum atomic E-state index is 13.9. The normalized spacial score (nSPS) is 12.7. The number of aromatic nitrogens is 5. The van der Waals surface area contributed by atoms with E-state index < -0.39 is 11.3 Å². The first-order valence-corrected chi connectivity index (χ1v) is 12.8. The summed E-state index contributed by atoms with van der Waals surface area (Å²) >= 11 is 0. The lowest BCUT2D eigenvalue weighted by Crippen LogP contribution is -2.38. The molecule has 3 aromatic heterocycles. The molecule has 1 atom stereocenters. The van der Waals surface area contributed by atoms with Crippen molar-refractivity contribution in [3.63, 3.8) is 0 Å². The molecule has 0 saturated carbocycles. The topological polar surface area (TPSA) is 128 Å². The highest BCUT2D eigenvalue weighted by Crippen LogP contribution is 2.35. The molecule has 0 bridgehead atoms. The molecule has 2 radical (unpaired) electrons. The molecular formula is C30H25BFN9. The minimum atomic E-state index is -1.49. The Morgan fingerprint density at radius 2 is 1.78 bits per heavy atom. The van der Waals surface area contributed by atoms with E-state index in [0.717, 1.165) is 0 Å². The van der Waals surface area contributed by atoms with Gasteiger partial charge in [0.15, 0.2) is 0 Å². The van der Waals surface area contributed by atoms with Crippen LogP contribution in [0.3, 0.4) is 0 Å². The Bertz CT molecular complexity index is 1800. The first-order valence-electron chi connectivity index (χ1n) is 12.8. The van der Waals surface area contributed by atoms with E-state index in [2.05, 4.69) is 63.8 Å². The third-order valence-electron chi connectivity index (χ3n) is 6.46. The molecule has 5 rings (SSSR count). The summed E-state index contributed by atoms with van der Waals surface area (Å²) in [5.74, 6) is -0.419. The van der Waals surface area contributed by atoms with E-state index in [1.54, 1.807) is 48.9 Å². The van der Waals surface area contributed by atoms with Gasteiger partial charge >= 0.3 is 0 Å². The summed E-state index contributed by atoms with van der Waals surface area (Å²) in [5, 5.41) is 35.7. The van der Waals surface area contributed by atoms with Crippen LogP contribution in [0.15, 0.2) is 73.3 Å². The minimum Gasteiger partial charge on any atom is -0.383 e. The van der Waals surface area contributed by atoms with Crippen LogP contribution in [0, 0.1) is 33.9 Å². The zero-order chi connectivity index (χ0) is 29.2. The van der Waals surface area contributed by atoms with Gasteiger partial charge in [-0.05, 0) is 47.4 Å². The molecule has 2 aromatic carbocycles. The zero-order valence-electron chi connectivity index (χ0n) is 22.7. The van der Waals surface area contributed by atoms with Crippen LogP contribution in [-0.2, 0) is 5.44 Å². The average molecular weight is 541 g/mol. The largest absolute Gasteiger partial charge is 0.383 e. The molecule has 0 aliphatic heterocycles. The standard InChI is InChI=1S/C30H25BFN9/c1-29(2,3)18-37-28-20(14-34)15-36-27-19(13-33)11-23(12-25(27)28)38-30(31,21-6-8-22(32)9-7-21)26-17-41(40-39-26)24-5-4-10-35-16-24/h4-12,15-17,38H,18H2,1-3H3,(H,36,37). The fraction of sp³-hybridized carbons (Fsp3) is 0.200. The van der Waals surface area contributed by atoms with Crippen LogP contribution in [0.25, 0.3) is 16.6 Å². The summed E-state index contributed by atoms with van der Waals surface area (Å²) in [6.45, 7) is 6.81. The van der Waals surface area contributed by atoms with Crippen molar-refractivity contribution >= 4 is 30.1 Å². The van der Waals surface area contributed by atoms with Crippen LogP contribution in [0.2, 0.25) is 0 Å². The number of halogens is 1. The molecule has 0 saturated heterocycles. The van der Waals surface area contributed by atoms with E-state index in [0.29, 0.717) is 51.3 Å². The number of anilines is 2. The lowest BCUT2D eigenvalue weighted by molar-refractivity contribution is 0.443. The first-order chi connectivity index (χ1) is 19.6.